The number of ether oxygens (including phenoxy) is 2. The number of unbranched alkanes of at least 4 members (excludes halogenated alkanes) is 14. The molecule has 0 radical (unpaired) electrons. The third-order valence-corrected chi connectivity index (χ3v) is 22.7. The summed E-state index contributed by atoms with van der Waals surface area (Å²) in [6.45, 7) is 32.0. The Morgan fingerprint density at radius 1 is 0.609 bits per heavy atom. The molecule has 1 aromatic carbocycles. The zero-order valence-electron chi connectivity index (χ0n) is 44.3. The first-order chi connectivity index (χ1) is 30.1. The van der Waals surface area contributed by atoms with E-state index in [0.29, 0.717) is 25.2 Å². The van der Waals surface area contributed by atoms with Crippen LogP contribution >= 0.6 is 0 Å². The second-order valence-corrected chi connectivity index (χ2v) is 31.6. The van der Waals surface area contributed by atoms with Crippen molar-refractivity contribution in [2.24, 2.45) is 0 Å². The summed E-state index contributed by atoms with van der Waals surface area (Å²) in [5, 5.41) is 0.241. The van der Waals surface area contributed by atoms with Crippen LogP contribution in [0.5, 0.6) is 5.75 Å². The van der Waals surface area contributed by atoms with Gasteiger partial charge in [-0.2, -0.15) is 0 Å². The lowest BCUT2D eigenvalue weighted by atomic mass is 10.0. The number of carbonyl (C=O) groups excluding carboxylic acids is 2. The Hall–Kier alpha value is -1.83. The van der Waals surface area contributed by atoms with Gasteiger partial charge in [-0.25, -0.2) is 4.79 Å². The smallest absolute Gasteiger partial charge is 0.330 e. The minimum absolute atomic E-state index is 0.121. The van der Waals surface area contributed by atoms with Crippen molar-refractivity contribution in [2.75, 3.05) is 46.9 Å². The fourth-order valence-corrected chi connectivity index (χ4v) is 10.2. The van der Waals surface area contributed by atoms with Gasteiger partial charge >= 0.3 is 11.9 Å². The average Bonchev–Trinajstić information content (AvgIpc) is 3.19. The largest absolute Gasteiger partial charge is 0.462 e. The summed E-state index contributed by atoms with van der Waals surface area (Å²) >= 11 is 0. The highest BCUT2D eigenvalue weighted by atomic mass is 28.4. The number of nitrogens with zero attached hydrogens (tertiary/aromatic N) is 2. The molecule has 8 nitrogen and oxygen atoms in total. The number of rotatable bonds is 37. The maximum Gasteiger partial charge on any atom is 0.330 e. The molecule has 0 fully saturated rings. The van der Waals surface area contributed by atoms with Gasteiger partial charge in [0.05, 0.1) is 18.8 Å². The highest BCUT2D eigenvalue weighted by Gasteiger charge is 2.41. The molecule has 0 aliphatic carbocycles. The van der Waals surface area contributed by atoms with Crippen molar-refractivity contribution in [3.63, 3.8) is 0 Å². The molecule has 64 heavy (non-hydrogen) atoms. The molecule has 0 aliphatic heterocycles. The second kappa shape index (κ2) is 32.8. The van der Waals surface area contributed by atoms with Crippen LogP contribution in [-0.4, -0.2) is 97.5 Å². The van der Waals surface area contributed by atoms with Crippen molar-refractivity contribution in [3.05, 3.63) is 35.9 Å². The Bertz CT molecular complexity index is 1330. The Morgan fingerprint density at radius 2 is 1.05 bits per heavy atom. The zero-order chi connectivity index (χ0) is 48.1. The lowest BCUT2D eigenvalue weighted by molar-refractivity contribution is -0.138. The van der Waals surface area contributed by atoms with E-state index in [9.17, 15) is 9.59 Å². The molecule has 0 spiro atoms. The maximum absolute atomic E-state index is 13.3. The van der Waals surface area contributed by atoms with Crippen molar-refractivity contribution in [1.29, 1.82) is 0 Å². The number of benzene rings is 1. The monoisotopic (exact) mass is 931 g/mol. The molecule has 2 atom stereocenters. The van der Waals surface area contributed by atoms with E-state index in [1.54, 1.807) is 18.2 Å². The van der Waals surface area contributed by atoms with Crippen LogP contribution < -0.4 is 4.74 Å². The summed E-state index contributed by atoms with van der Waals surface area (Å²) in [6, 6.07) is 7.27. The van der Waals surface area contributed by atoms with Gasteiger partial charge in [0.25, 0.3) is 0 Å². The first-order valence-electron chi connectivity index (χ1n) is 26.0. The molecular formula is C54H102N2O6Si2. The molecule has 372 valence electrons. The third-order valence-electron chi connectivity index (χ3n) is 13.6. The molecule has 0 heterocycles. The van der Waals surface area contributed by atoms with Gasteiger partial charge in [-0.05, 0) is 106 Å². The molecule has 1 rings (SSSR count). The first-order valence-corrected chi connectivity index (χ1v) is 31.8. The molecular weight excluding hydrogens is 829 g/mol. The van der Waals surface area contributed by atoms with Gasteiger partial charge in [0.2, 0.25) is 0 Å². The Balaban J connectivity index is 3.20. The third kappa shape index (κ3) is 28.4. The van der Waals surface area contributed by atoms with Crippen molar-refractivity contribution in [1.82, 2.24) is 9.80 Å². The number of carbonyl (C=O) groups is 2. The van der Waals surface area contributed by atoms with Crippen LogP contribution in [0.15, 0.2) is 30.3 Å². The van der Waals surface area contributed by atoms with E-state index in [1.165, 1.54) is 109 Å². The van der Waals surface area contributed by atoms with Crippen LogP contribution in [0.4, 0.5) is 0 Å². The van der Waals surface area contributed by atoms with Crippen LogP contribution in [0, 0.1) is 0 Å². The van der Waals surface area contributed by atoms with E-state index >= 15 is 0 Å². The summed E-state index contributed by atoms with van der Waals surface area (Å²) in [4.78, 5) is 30.1. The molecule has 0 saturated heterocycles. The van der Waals surface area contributed by atoms with Crippen LogP contribution in [0.2, 0.25) is 36.3 Å². The van der Waals surface area contributed by atoms with Crippen LogP contribution in [0.1, 0.15) is 196 Å². The molecule has 10 heteroatoms. The van der Waals surface area contributed by atoms with Gasteiger partial charge in [0.1, 0.15) is 5.75 Å². The van der Waals surface area contributed by atoms with Crippen molar-refractivity contribution >= 4 is 34.6 Å². The topological polar surface area (TPSA) is 77.5 Å². The Morgan fingerprint density at radius 3 is 1.47 bits per heavy atom. The molecule has 0 aromatic heterocycles. The van der Waals surface area contributed by atoms with Gasteiger partial charge in [-0.3, -0.25) is 9.69 Å². The number of hydrogen-bond acceptors (Lipinski definition) is 8. The lowest BCUT2D eigenvalue weighted by Crippen LogP contribution is -2.50. The summed E-state index contributed by atoms with van der Waals surface area (Å²) in [5.74, 6) is -0.0855. The molecule has 0 saturated carbocycles. The van der Waals surface area contributed by atoms with Crippen molar-refractivity contribution in [3.8, 4) is 5.75 Å². The first kappa shape index (κ1) is 60.2. The van der Waals surface area contributed by atoms with Crippen molar-refractivity contribution < 1.29 is 27.9 Å². The maximum atomic E-state index is 13.3. The quantitative estimate of drug-likeness (QED) is 0.0215. The SMILES string of the molecule is CCCCCCCCCCC(CN(CCCC(=O)Oc1ccc(/C=C/C(=O)OCCCN(C)C)cc1)CC(CCCCCCCCCC)O[Si](C)(C)C(C)(C)C)O[Si](C)(C)C(C)(C)C. The predicted octanol–water partition coefficient (Wildman–Crippen LogP) is 15.0. The van der Waals surface area contributed by atoms with Gasteiger partial charge in [0, 0.05) is 32.1 Å². The van der Waals surface area contributed by atoms with E-state index in [1.807, 2.05) is 26.2 Å². The van der Waals surface area contributed by atoms with Crippen molar-refractivity contribution in [2.45, 2.75) is 239 Å². The van der Waals surface area contributed by atoms with Gasteiger partial charge < -0.3 is 23.2 Å². The minimum Gasteiger partial charge on any atom is -0.462 e. The van der Waals surface area contributed by atoms with E-state index in [4.69, 9.17) is 18.3 Å². The zero-order valence-corrected chi connectivity index (χ0v) is 46.3. The molecule has 0 amide bonds. The van der Waals surface area contributed by atoms with Crippen LogP contribution in [0.25, 0.3) is 6.08 Å². The highest BCUT2D eigenvalue weighted by Crippen LogP contribution is 2.39. The fraction of sp³-hybridized carbons (Fsp3) is 0.815. The summed E-state index contributed by atoms with van der Waals surface area (Å²) < 4.78 is 25.7. The normalized spacial score (nSPS) is 13.9. The fourth-order valence-electron chi connectivity index (χ4n) is 7.45. The van der Waals surface area contributed by atoms with Gasteiger partial charge in [-0.1, -0.05) is 170 Å². The summed E-state index contributed by atoms with van der Waals surface area (Å²) in [6.07, 6.45) is 28.2. The van der Waals surface area contributed by atoms with Crippen LogP contribution in [-0.2, 0) is 23.2 Å². The number of hydrogen-bond donors (Lipinski definition) is 0. The lowest BCUT2D eigenvalue weighted by Gasteiger charge is -2.42. The molecule has 1 aromatic rings. The summed E-state index contributed by atoms with van der Waals surface area (Å²) in [5.41, 5.74) is 0.837. The predicted molar refractivity (Wildman–Crippen MR) is 280 cm³/mol. The Labute approximate surface area is 398 Å². The molecule has 0 N–H and O–H groups in total. The van der Waals surface area contributed by atoms with E-state index in [0.717, 1.165) is 51.0 Å². The van der Waals surface area contributed by atoms with Gasteiger partial charge in [-0.15, -0.1) is 0 Å². The van der Waals surface area contributed by atoms with E-state index in [2.05, 4.69) is 91.4 Å². The average molecular weight is 932 g/mol. The van der Waals surface area contributed by atoms with Crippen LogP contribution in [0.3, 0.4) is 0 Å². The molecule has 0 aliphatic rings. The minimum atomic E-state index is -2.04. The van der Waals surface area contributed by atoms with Gasteiger partial charge in [0.15, 0.2) is 16.6 Å². The second-order valence-electron chi connectivity index (χ2n) is 22.1. The molecule has 2 unspecified atom stereocenters. The number of esters is 2. The standard InChI is InChI=1S/C54H102N2O6Si2/c1-15-17-19-21-23-25-27-29-33-49(61-63(11,12)53(3,4)5)45-56(46-50(62-64(13,14)54(6,7)8)34-30-28-26-24-22-20-18-16-2)43-31-35-52(58)60-48-39-36-47(37-40-48)38-41-51(57)59-44-32-42-55(9)10/h36-41,49-50H,15-35,42-46H2,1-14H3/b41-38+. The Kier molecular flexibility index (Phi) is 30.9. The van der Waals surface area contributed by atoms with E-state index in [-0.39, 0.29) is 34.2 Å². The molecule has 0 bridgehead atoms. The van der Waals surface area contributed by atoms with E-state index < -0.39 is 16.6 Å². The highest BCUT2D eigenvalue weighted by molar-refractivity contribution is 6.74. The summed E-state index contributed by atoms with van der Waals surface area (Å²) in [7, 11) is -0.0870.